The molecule has 2 amide bonds. The maximum absolute atomic E-state index is 14.0. The van der Waals surface area contributed by atoms with Gasteiger partial charge < -0.3 is 9.88 Å². The molecule has 4 N–H and O–H groups in total. The van der Waals surface area contributed by atoms with Crippen molar-refractivity contribution in [3.8, 4) is 0 Å². The molecule has 0 radical (unpaired) electrons. The largest absolute Gasteiger partial charge is 0.471 e. The zero-order chi connectivity index (χ0) is 30.1. The number of carbonyl (C=O) groups excluding carboxylic acids is 2. The maximum atomic E-state index is 14.0. The molecule has 12 heteroatoms. The monoisotopic (exact) mass is 600 g/mol. The second-order valence-corrected chi connectivity index (χ2v) is 12.6. The summed E-state index contributed by atoms with van der Waals surface area (Å²) in [6.07, 6.45) is -4.70. The summed E-state index contributed by atoms with van der Waals surface area (Å²) < 4.78 is 64.8. The van der Waals surface area contributed by atoms with Gasteiger partial charge in [0.15, 0.2) is 0 Å². The Labute approximate surface area is 242 Å². The summed E-state index contributed by atoms with van der Waals surface area (Å²) in [6, 6.07) is 21.9. The van der Waals surface area contributed by atoms with Crippen LogP contribution in [0.25, 0.3) is 11.0 Å². The van der Waals surface area contributed by atoms with E-state index < -0.39 is 40.1 Å². The molecule has 3 aromatic carbocycles. The van der Waals surface area contributed by atoms with Gasteiger partial charge in [0, 0.05) is 13.0 Å². The van der Waals surface area contributed by atoms with Crippen LogP contribution >= 0.6 is 10.8 Å². The van der Waals surface area contributed by atoms with E-state index in [2.05, 4.69) is 14.7 Å². The van der Waals surface area contributed by atoms with E-state index in [0.717, 1.165) is 10.5 Å². The van der Waals surface area contributed by atoms with Gasteiger partial charge in [0.2, 0.25) is 5.91 Å². The van der Waals surface area contributed by atoms with Gasteiger partial charge >= 0.3 is 12.1 Å². The summed E-state index contributed by atoms with van der Waals surface area (Å²) in [5, 5.41) is -0.827. The normalized spacial score (nSPS) is 18.8. The summed E-state index contributed by atoms with van der Waals surface area (Å²) in [4.78, 5) is 33.3. The van der Waals surface area contributed by atoms with Crippen LogP contribution < -0.4 is 4.72 Å². The van der Waals surface area contributed by atoms with Crippen molar-refractivity contribution in [1.82, 2.24) is 19.6 Å². The Bertz CT molecular complexity index is 1530. The van der Waals surface area contributed by atoms with Gasteiger partial charge in [-0.2, -0.15) is 13.2 Å². The molecule has 222 valence electrons. The van der Waals surface area contributed by atoms with Crippen LogP contribution in [0.1, 0.15) is 47.2 Å². The summed E-state index contributed by atoms with van der Waals surface area (Å²) in [6.45, 7) is 1.65. The number of alkyl halides is 3. The number of aromatic nitrogens is 2. The predicted molar refractivity (Wildman–Crippen MR) is 154 cm³/mol. The van der Waals surface area contributed by atoms with E-state index in [0.29, 0.717) is 28.6 Å². The van der Waals surface area contributed by atoms with Gasteiger partial charge in [0.25, 0.3) is 0 Å². The molecule has 3 atom stereocenters. The molecule has 5 rings (SSSR count). The second-order valence-electron chi connectivity index (χ2n) is 10.7. The van der Waals surface area contributed by atoms with Crippen molar-refractivity contribution < 1.29 is 31.9 Å². The van der Waals surface area contributed by atoms with E-state index >= 15 is 0 Å². The number of benzene rings is 3. The quantitative estimate of drug-likeness (QED) is 0.179. The lowest BCUT2D eigenvalue weighted by Gasteiger charge is -2.34. The fourth-order valence-electron chi connectivity index (χ4n) is 5.38. The zero-order valence-corrected chi connectivity index (χ0v) is 23.5. The van der Waals surface area contributed by atoms with Gasteiger partial charge in [0.05, 0.1) is 23.5 Å². The van der Waals surface area contributed by atoms with Gasteiger partial charge in [-0.3, -0.25) is 23.4 Å². The Morgan fingerprint density at radius 1 is 1.00 bits per heavy atom. The first kappa shape index (κ1) is 29.6. The minimum atomic E-state index is -5.10. The molecule has 4 aromatic rings. The van der Waals surface area contributed by atoms with Crippen LogP contribution in [0.5, 0.6) is 0 Å². The number of carbonyl (C=O) groups is 2. The molecule has 2 unspecified atom stereocenters. The van der Waals surface area contributed by atoms with Gasteiger partial charge in [-0.15, -0.1) is 10.8 Å². The van der Waals surface area contributed by atoms with Crippen molar-refractivity contribution >= 4 is 33.6 Å². The summed E-state index contributed by atoms with van der Waals surface area (Å²) in [7, 11) is -3.36. The van der Waals surface area contributed by atoms with Crippen molar-refractivity contribution in [1.29, 1.82) is 0 Å². The first-order valence-electron chi connectivity index (χ1n) is 13.4. The zero-order valence-electron chi connectivity index (χ0n) is 22.7. The molecule has 0 aliphatic carbocycles. The molecule has 8 nitrogen and oxygen atoms in total. The number of hydrogen-bond acceptors (Lipinski definition) is 5. The van der Waals surface area contributed by atoms with Crippen LogP contribution in [-0.2, 0) is 22.4 Å². The first-order chi connectivity index (χ1) is 19.9. The fourth-order valence-corrected chi connectivity index (χ4v) is 6.86. The molecular weight excluding hydrogens is 569 g/mol. The Hall–Kier alpha value is -3.87. The highest BCUT2D eigenvalue weighted by atomic mass is 32.3. The van der Waals surface area contributed by atoms with Crippen molar-refractivity contribution in [2.75, 3.05) is 6.54 Å². The lowest BCUT2D eigenvalue weighted by Crippen LogP contribution is -2.46. The number of amides is 2. The second kappa shape index (κ2) is 11.8. The number of halogens is 3. The predicted octanol–water partition coefficient (Wildman–Crippen LogP) is 6.34. The number of nitrogens with one attached hydrogen (secondary N) is 2. The van der Waals surface area contributed by atoms with Crippen LogP contribution in [0.15, 0.2) is 78.9 Å². The number of aromatic amines is 1. The van der Waals surface area contributed by atoms with Crippen LogP contribution in [0.3, 0.4) is 0 Å². The van der Waals surface area contributed by atoms with Gasteiger partial charge in [-0.25, -0.2) is 4.98 Å². The molecule has 42 heavy (non-hydrogen) atoms. The molecule has 1 saturated heterocycles. The number of fused-ring (bicyclic) bond motifs is 1. The standard InChI is InChI=1S/C30H31F3N4O4S/c1-19(15-20-7-3-2-4-8-20)18-37(29(39)30(31,32)33)25(28-34-23-9-5-6-10-24(23)35-28)16-21-11-13-22(14-12-21)26-17-27(38)36-42(26,40)41/h2-14,19,25-26,40-41H,15-18H2,1H3,(H,34,35)(H,36,38)/t19?,25-,26?/m0/s1. The minimum absolute atomic E-state index is 0.0120. The lowest BCUT2D eigenvalue weighted by atomic mass is 9.97. The minimum Gasteiger partial charge on any atom is -0.340 e. The average Bonchev–Trinajstić information content (AvgIpc) is 3.49. The van der Waals surface area contributed by atoms with E-state index in [4.69, 9.17) is 0 Å². The third-order valence-electron chi connectivity index (χ3n) is 7.35. The first-order valence-corrected chi connectivity index (χ1v) is 15.0. The molecular formula is C30H31F3N4O4S. The highest BCUT2D eigenvalue weighted by Gasteiger charge is 2.46. The molecule has 1 fully saturated rings. The van der Waals surface area contributed by atoms with E-state index in [1.165, 1.54) is 0 Å². The third kappa shape index (κ3) is 6.61. The molecule has 2 heterocycles. The van der Waals surface area contributed by atoms with Crippen molar-refractivity contribution in [2.24, 2.45) is 5.92 Å². The topological polar surface area (TPSA) is 119 Å². The maximum Gasteiger partial charge on any atom is 0.471 e. The number of H-pyrrole nitrogens is 1. The SMILES string of the molecule is CC(Cc1ccccc1)CN(C(=O)C(F)(F)F)[C@@H](Cc1ccc(C2CC(=O)NS2(O)O)cc1)c1nc2ccccc2[nH]1. The summed E-state index contributed by atoms with van der Waals surface area (Å²) in [5.41, 5.74) is 3.26. The van der Waals surface area contributed by atoms with E-state index in [1.807, 2.05) is 37.3 Å². The van der Waals surface area contributed by atoms with Crippen molar-refractivity contribution in [3.63, 3.8) is 0 Å². The number of hydrogen-bond donors (Lipinski definition) is 4. The smallest absolute Gasteiger partial charge is 0.340 e. The Morgan fingerprint density at radius 2 is 1.64 bits per heavy atom. The van der Waals surface area contributed by atoms with Gasteiger partial charge in [-0.05, 0) is 41.2 Å². The van der Waals surface area contributed by atoms with Crippen LogP contribution in [0, 0.1) is 5.92 Å². The summed E-state index contributed by atoms with van der Waals surface area (Å²) in [5.74, 6) is -2.50. The molecule has 1 aliphatic rings. The highest BCUT2D eigenvalue weighted by Crippen LogP contribution is 2.56. The van der Waals surface area contributed by atoms with E-state index in [-0.39, 0.29) is 31.1 Å². The van der Waals surface area contributed by atoms with Crippen LogP contribution in [-0.4, -0.2) is 48.5 Å². The lowest BCUT2D eigenvalue weighted by molar-refractivity contribution is -0.188. The Kier molecular flexibility index (Phi) is 8.31. The average molecular weight is 601 g/mol. The fraction of sp³-hybridized carbons (Fsp3) is 0.300. The summed E-state index contributed by atoms with van der Waals surface area (Å²) >= 11 is 0. The highest BCUT2D eigenvalue weighted by molar-refractivity contribution is 8.23. The Balaban J connectivity index is 1.49. The number of para-hydroxylation sites is 2. The molecule has 0 spiro atoms. The van der Waals surface area contributed by atoms with Gasteiger partial charge in [-0.1, -0.05) is 73.7 Å². The van der Waals surface area contributed by atoms with Crippen molar-refractivity contribution in [3.05, 3.63) is 101 Å². The van der Waals surface area contributed by atoms with E-state index in [9.17, 15) is 31.9 Å². The molecule has 0 bridgehead atoms. The number of imidazole rings is 1. The molecule has 1 aliphatic heterocycles. The van der Waals surface area contributed by atoms with Gasteiger partial charge in [0.1, 0.15) is 11.1 Å². The molecule has 0 saturated carbocycles. The van der Waals surface area contributed by atoms with Crippen LogP contribution in [0.4, 0.5) is 13.2 Å². The number of nitrogens with zero attached hydrogens (tertiary/aromatic N) is 2. The van der Waals surface area contributed by atoms with Crippen LogP contribution in [0.2, 0.25) is 0 Å². The molecule has 1 aromatic heterocycles. The van der Waals surface area contributed by atoms with Crippen molar-refractivity contribution in [2.45, 2.75) is 43.7 Å². The third-order valence-corrected chi connectivity index (χ3v) is 9.11. The Morgan fingerprint density at radius 3 is 2.26 bits per heavy atom. The van der Waals surface area contributed by atoms with E-state index in [1.54, 1.807) is 48.5 Å². The number of rotatable bonds is 9.